The minimum Gasteiger partial charge on any atom is -0.324 e. The molecule has 1 N–H and O–H groups in total. The van der Waals surface area contributed by atoms with Crippen LogP contribution in [0.2, 0.25) is 0 Å². The maximum absolute atomic E-state index is 12.8. The van der Waals surface area contributed by atoms with Crippen LogP contribution in [0, 0.1) is 13.8 Å². The fraction of sp³-hybridized carbons (Fsp3) is 0.120. The zero-order chi connectivity index (χ0) is 22.8. The van der Waals surface area contributed by atoms with E-state index in [-0.39, 0.29) is 11.7 Å². The summed E-state index contributed by atoms with van der Waals surface area (Å²) in [5.41, 5.74) is 4.81. The molecule has 0 unspecified atom stereocenters. The van der Waals surface area contributed by atoms with Gasteiger partial charge in [-0.2, -0.15) is 0 Å². The van der Waals surface area contributed by atoms with Gasteiger partial charge in [-0.15, -0.1) is 21.5 Å². The number of rotatable bonds is 6. The first-order valence-electron chi connectivity index (χ1n) is 10.4. The van der Waals surface area contributed by atoms with E-state index in [0.717, 1.165) is 44.2 Å². The van der Waals surface area contributed by atoms with Crippen molar-refractivity contribution in [3.05, 3.63) is 83.4 Å². The van der Waals surface area contributed by atoms with Crippen molar-refractivity contribution >= 4 is 44.9 Å². The highest BCUT2D eigenvalue weighted by molar-refractivity contribution is 7.99. The lowest BCUT2D eigenvalue weighted by Crippen LogP contribution is -2.14. The normalized spacial score (nSPS) is 11.1. The van der Waals surface area contributed by atoms with E-state index in [1.165, 1.54) is 11.8 Å². The van der Waals surface area contributed by atoms with Gasteiger partial charge in [0.2, 0.25) is 5.91 Å². The van der Waals surface area contributed by atoms with E-state index in [1.54, 1.807) is 11.3 Å². The highest BCUT2D eigenvalue weighted by atomic mass is 32.2. The van der Waals surface area contributed by atoms with Gasteiger partial charge in [-0.05, 0) is 37.6 Å². The number of carbonyl (C=O) groups excluding carboxylic acids is 1. The number of para-hydroxylation sites is 1. The van der Waals surface area contributed by atoms with Crippen molar-refractivity contribution in [3.8, 4) is 17.1 Å². The van der Waals surface area contributed by atoms with Crippen molar-refractivity contribution in [3.63, 3.8) is 0 Å². The van der Waals surface area contributed by atoms with Crippen molar-refractivity contribution in [1.82, 2.24) is 19.7 Å². The smallest absolute Gasteiger partial charge is 0.234 e. The molecule has 33 heavy (non-hydrogen) atoms. The minimum absolute atomic E-state index is 0.0939. The molecule has 0 aliphatic carbocycles. The zero-order valence-corrected chi connectivity index (χ0v) is 19.8. The molecule has 0 aliphatic heterocycles. The monoisotopic (exact) mass is 471 g/mol. The number of aromatic nitrogens is 4. The molecule has 5 aromatic rings. The molecule has 1 amide bonds. The lowest BCUT2D eigenvalue weighted by Gasteiger charge is -2.10. The fourth-order valence-corrected chi connectivity index (χ4v) is 5.49. The average Bonchev–Trinajstić information content (AvgIpc) is 3.43. The van der Waals surface area contributed by atoms with Crippen molar-refractivity contribution in [2.24, 2.45) is 0 Å². The Hall–Kier alpha value is -3.49. The summed E-state index contributed by atoms with van der Waals surface area (Å²) in [6.07, 6.45) is 0. The van der Waals surface area contributed by atoms with Gasteiger partial charge in [-0.3, -0.25) is 9.36 Å². The van der Waals surface area contributed by atoms with Crippen molar-refractivity contribution < 1.29 is 4.79 Å². The Balaban J connectivity index is 1.39. The van der Waals surface area contributed by atoms with Crippen molar-refractivity contribution in [1.29, 1.82) is 0 Å². The van der Waals surface area contributed by atoms with Crippen LogP contribution in [-0.4, -0.2) is 31.4 Å². The molecule has 164 valence electrons. The molecular formula is C25H21N5OS2. The molecule has 0 radical (unpaired) electrons. The SMILES string of the molecule is Cc1cc(C)c2c(NC(=O)CSc3nnc(-c4ccccc4)n3-c3ccccc3)csc2n1. The number of carbonyl (C=O) groups is 1. The molecule has 0 fully saturated rings. The van der Waals surface area contributed by atoms with Crippen LogP contribution < -0.4 is 5.32 Å². The van der Waals surface area contributed by atoms with E-state index in [1.807, 2.05) is 90.5 Å². The molecule has 5 rings (SSSR count). The van der Waals surface area contributed by atoms with Crippen LogP contribution in [0.25, 0.3) is 27.3 Å². The number of amides is 1. The number of thiophene rings is 1. The molecule has 2 aromatic carbocycles. The van der Waals surface area contributed by atoms with Crippen LogP contribution in [0.1, 0.15) is 11.3 Å². The fourth-order valence-electron chi connectivity index (χ4n) is 3.74. The molecule has 8 heteroatoms. The van der Waals surface area contributed by atoms with E-state index in [9.17, 15) is 4.79 Å². The molecule has 0 saturated carbocycles. The lowest BCUT2D eigenvalue weighted by molar-refractivity contribution is -0.113. The lowest BCUT2D eigenvalue weighted by atomic mass is 10.1. The van der Waals surface area contributed by atoms with Gasteiger partial charge in [0.25, 0.3) is 0 Å². The van der Waals surface area contributed by atoms with Gasteiger partial charge >= 0.3 is 0 Å². The third-order valence-corrected chi connectivity index (χ3v) is 6.96. The number of nitrogens with zero attached hydrogens (tertiary/aromatic N) is 4. The number of hydrogen-bond donors (Lipinski definition) is 1. The summed E-state index contributed by atoms with van der Waals surface area (Å²) in [7, 11) is 0. The number of nitrogens with one attached hydrogen (secondary N) is 1. The summed E-state index contributed by atoms with van der Waals surface area (Å²) < 4.78 is 1.99. The summed E-state index contributed by atoms with van der Waals surface area (Å²) >= 11 is 2.90. The predicted octanol–water partition coefficient (Wildman–Crippen LogP) is 5.89. The molecular weight excluding hydrogens is 450 g/mol. The predicted molar refractivity (Wildman–Crippen MR) is 135 cm³/mol. The average molecular weight is 472 g/mol. The maximum atomic E-state index is 12.8. The Labute approximate surface area is 199 Å². The largest absolute Gasteiger partial charge is 0.324 e. The summed E-state index contributed by atoms with van der Waals surface area (Å²) in [5.74, 6) is 0.865. The Morgan fingerprint density at radius 3 is 2.52 bits per heavy atom. The standard InChI is InChI=1S/C25H21N5OS2/c1-16-13-17(2)26-24-22(16)20(14-32-24)27-21(31)15-33-25-29-28-23(18-9-5-3-6-10-18)30(25)19-11-7-4-8-12-19/h3-14H,15H2,1-2H3,(H,27,31). The Kier molecular flexibility index (Phi) is 5.93. The summed E-state index contributed by atoms with van der Waals surface area (Å²) in [6, 6.07) is 21.9. The van der Waals surface area contributed by atoms with Crippen LogP contribution >= 0.6 is 23.1 Å². The van der Waals surface area contributed by atoms with Gasteiger partial charge in [-0.25, -0.2) is 4.98 Å². The van der Waals surface area contributed by atoms with Crippen LogP contribution in [0.15, 0.2) is 77.3 Å². The van der Waals surface area contributed by atoms with Crippen LogP contribution in [-0.2, 0) is 4.79 Å². The zero-order valence-electron chi connectivity index (χ0n) is 18.1. The number of aryl methyl sites for hydroxylation is 2. The number of thioether (sulfide) groups is 1. The maximum Gasteiger partial charge on any atom is 0.234 e. The van der Waals surface area contributed by atoms with Crippen LogP contribution in [0.5, 0.6) is 0 Å². The third kappa shape index (κ3) is 4.40. The molecule has 0 spiro atoms. The number of anilines is 1. The van der Waals surface area contributed by atoms with Gasteiger partial charge in [0.15, 0.2) is 11.0 Å². The molecule has 0 atom stereocenters. The van der Waals surface area contributed by atoms with E-state index in [0.29, 0.717) is 5.16 Å². The van der Waals surface area contributed by atoms with E-state index in [4.69, 9.17) is 0 Å². The topological polar surface area (TPSA) is 72.7 Å². The molecule has 0 saturated heterocycles. The minimum atomic E-state index is -0.0939. The summed E-state index contributed by atoms with van der Waals surface area (Å²) in [4.78, 5) is 18.3. The highest BCUT2D eigenvalue weighted by Crippen LogP contribution is 2.33. The van der Waals surface area contributed by atoms with Gasteiger partial charge in [-0.1, -0.05) is 60.3 Å². The number of fused-ring (bicyclic) bond motifs is 1. The molecule has 0 bridgehead atoms. The van der Waals surface area contributed by atoms with Gasteiger partial charge in [0, 0.05) is 27.7 Å². The second kappa shape index (κ2) is 9.17. The highest BCUT2D eigenvalue weighted by Gasteiger charge is 2.18. The Morgan fingerprint density at radius 2 is 1.76 bits per heavy atom. The van der Waals surface area contributed by atoms with Gasteiger partial charge < -0.3 is 5.32 Å². The number of pyridine rings is 1. The first-order valence-corrected chi connectivity index (χ1v) is 12.3. The van der Waals surface area contributed by atoms with Gasteiger partial charge in [0.1, 0.15) is 4.83 Å². The molecule has 3 aromatic heterocycles. The first kappa shape index (κ1) is 21.4. The second-order valence-electron chi connectivity index (χ2n) is 7.59. The molecule has 0 aliphatic rings. The second-order valence-corrected chi connectivity index (χ2v) is 9.39. The molecule has 6 nitrogen and oxygen atoms in total. The van der Waals surface area contributed by atoms with E-state index < -0.39 is 0 Å². The summed E-state index contributed by atoms with van der Waals surface area (Å²) in [6.45, 7) is 4.02. The van der Waals surface area contributed by atoms with E-state index >= 15 is 0 Å². The number of hydrogen-bond acceptors (Lipinski definition) is 6. The Morgan fingerprint density at radius 1 is 1.03 bits per heavy atom. The van der Waals surface area contributed by atoms with Crippen LogP contribution in [0.4, 0.5) is 5.69 Å². The van der Waals surface area contributed by atoms with E-state index in [2.05, 4.69) is 20.5 Å². The first-order chi connectivity index (χ1) is 16.1. The third-order valence-electron chi connectivity index (χ3n) is 5.16. The van der Waals surface area contributed by atoms with Gasteiger partial charge in [0.05, 0.1) is 11.4 Å². The quantitative estimate of drug-likeness (QED) is 0.313. The Bertz CT molecular complexity index is 1430. The van der Waals surface area contributed by atoms with Crippen LogP contribution in [0.3, 0.4) is 0 Å². The number of benzene rings is 2. The summed E-state index contributed by atoms with van der Waals surface area (Å²) in [5, 5.41) is 15.5. The van der Waals surface area contributed by atoms with Crippen molar-refractivity contribution in [2.75, 3.05) is 11.1 Å². The van der Waals surface area contributed by atoms with Crippen molar-refractivity contribution in [2.45, 2.75) is 19.0 Å². The molecule has 3 heterocycles.